The molecule has 3 aromatic carbocycles. The van der Waals surface area contributed by atoms with Crippen LogP contribution in [0, 0.1) is 0 Å². The van der Waals surface area contributed by atoms with E-state index in [-0.39, 0.29) is 24.0 Å². The third-order valence-corrected chi connectivity index (χ3v) is 6.64. The number of aliphatic hydroxyl groups is 1. The molecule has 1 unspecified atom stereocenters. The van der Waals surface area contributed by atoms with Crippen molar-refractivity contribution in [3.05, 3.63) is 87.9 Å². The highest BCUT2D eigenvalue weighted by atomic mass is 35.5. The lowest BCUT2D eigenvalue weighted by atomic mass is 9.93. The fourth-order valence-corrected chi connectivity index (χ4v) is 4.71. The Morgan fingerprint density at radius 3 is 2.44 bits per heavy atom. The van der Waals surface area contributed by atoms with E-state index in [1.165, 1.54) is 4.90 Å². The van der Waals surface area contributed by atoms with E-state index in [4.69, 9.17) is 25.8 Å². The number of hydrogen-bond donors (Lipinski definition) is 1. The number of Topliss-reactive ketones (excluding diaryl/α,β-unsaturated/α-hetero) is 1. The van der Waals surface area contributed by atoms with E-state index in [0.29, 0.717) is 39.1 Å². The fraction of sp³-hybridized carbons (Fsp3) is 0.214. The van der Waals surface area contributed by atoms with Gasteiger partial charge in [0.1, 0.15) is 11.5 Å². The molecule has 36 heavy (non-hydrogen) atoms. The molecule has 0 spiro atoms. The van der Waals surface area contributed by atoms with Crippen LogP contribution in [0.3, 0.4) is 0 Å². The minimum Gasteiger partial charge on any atom is -0.507 e. The Kier molecular flexibility index (Phi) is 6.10. The Bertz CT molecular complexity index is 1400. The molecule has 3 aromatic rings. The second-order valence-corrected chi connectivity index (χ2v) is 9.31. The number of ether oxygens (including phenoxy) is 3. The minimum atomic E-state index is -0.882. The zero-order valence-electron chi connectivity index (χ0n) is 19.9. The van der Waals surface area contributed by atoms with Crippen LogP contribution >= 0.6 is 11.6 Å². The summed E-state index contributed by atoms with van der Waals surface area (Å²) in [5.74, 6) is 0.00678. The lowest BCUT2D eigenvalue weighted by Crippen LogP contribution is -2.29. The van der Waals surface area contributed by atoms with Crippen molar-refractivity contribution in [3.63, 3.8) is 0 Å². The SMILES string of the molecule is COc1ccc(/C(O)=C2\C(=O)C(=O)N(c3ccc4c(c3)OCO4)C2c2ccc(Cl)cc2)cc1C(C)C. The van der Waals surface area contributed by atoms with Crippen LogP contribution in [0.1, 0.15) is 42.5 Å². The number of anilines is 1. The molecule has 5 rings (SSSR count). The van der Waals surface area contributed by atoms with Gasteiger partial charge in [0.2, 0.25) is 6.79 Å². The van der Waals surface area contributed by atoms with Crippen LogP contribution in [-0.4, -0.2) is 30.7 Å². The monoisotopic (exact) mass is 505 g/mol. The Balaban J connectivity index is 1.70. The second kappa shape index (κ2) is 9.24. The highest BCUT2D eigenvalue weighted by Gasteiger charge is 2.47. The number of nitrogens with zero attached hydrogens (tertiary/aromatic N) is 1. The fourth-order valence-electron chi connectivity index (χ4n) is 4.58. The van der Waals surface area contributed by atoms with Gasteiger partial charge >= 0.3 is 0 Å². The number of methoxy groups -OCH3 is 1. The van der Waals surface area contributed by atoms with Crippen molar-refractivity contribution in [1.82, 2.24) is 0 Å². The number of halogens is 1. The van der Waals surface area contributed by atoms with E-state index in [2.05, 4.69) is 0 Å². The molecule has 2 heterocycles. The zero-order chi connectivity index (χ0) is 25.6. The van der Waals surface area contributed by atoms with Gasteiger partial charge in [-0.1, -0.05) is 37.6 Å². The summed E-state index contributed by atoms with van der Waals surface area (Å²) in [4.78, 5) is 28.2. The number of carbonyl (C=O) groups excluding carboxylic acids is 2. The van der Waals surface area contributed by atoms with E-state index in [9.17, 15) is 14.7 Å². The van der Waals surface area contributed by atoms with Gasteiger partial charge < -0.3 is 19.3 Å². The molecule has 2 aliphatic rings. The molecular weight excluding hydrogens is 482 g/mol. The Hall–Kier alpha value is -3.97. The average Bonchev–Trinajstić information content (AvgIpc) is 3.45. The van der Waals surface area contributed by atoms with Gasteiger partial charge in [0, 0.05) is 22.3 Å². The molecule has 1 saturated heterocycles. The summed E-state index contributed by atoms with van der Waals surface area (Å²) < 4.78 is 16.3. The van der Waals surface area contributed by atoms with Crippen LogP contribution in [0.2, 0.25) is 5.02 Å². The van der Waals surface area contributed by atoms with Crippen LogP contribution < -0.4 is 19.1 Å². The molecule has 1 atom stereocenters. The third kappa shape index (κ3) is 3.95. The Morgan fingerprint density at radius 2 is 1.75 bits per heavy atom. The smallest absolute Gasteiger partial charge is 0.300 e. The molecule has 0 aliphatic carbocycles. The largest absolute Gasteiger partial charge is 0.507 e. The van der Waals surface area contributed by atoms with E-state index >= 15 is 0 Å². The summed E-state index contributed by atoms with van der Waals surface area (Å²) >= 11 is 6.11. The number of fused-ring (bicyclic) bond motifs is 1. The number of hydrogen-bond acceptors (Lipinski definition) is 6. The van der Waals surface area contributed by atoms with Crippen LogP contribution in [-0.2, 0) is 9.59 Å². The summed E-state index contributed by atoms with van der Waals surface area (Å²) in [6, 6.07) is 16.2. The van der Waals surface area contributed by atoms with Crippen molar-refractivity contribution in [2.75, 3.05) is 18.8 Å². The molecule has 0 saturated carbocycles. The van der Waals surface area contributed by atoms with E-state index in [0.717, 1.165) is 5.56 Å². The van der Waals surface area contributed by atoms with Crippen molar-refractivity contribution in [1.29, 1.82) is 0 Å². The van der Waals surface area contributed by atoms with Gasteiger partial charge in [-0.25, -0.2) is 0 Å². The standard InChI is InChI=1S/C28H24ClNO6/c1-15(2)20-12-17(6-10-21(20)34-3)26(31)24-25(16-4-7-18(29)8-5-16)30(28(33)27(24)32)19-9-11-22-23(13-19)36-14-35-22/h4-13,15,25,31H,14H2,1-3H3/b26-24+. The van der Waals surface area contributed by atoms with E-state index < -0.39 is 17.7 Å². The first-order chi connectivity index (χ1) is 17.3. The van der Waals surface area contributed by atoms with Crippen molar-refractivity contribution < 1.29 is 28.9 Å². The molecule has 1 fully saturated rings. The van der Waals surface area contributed by atoms with E-state index in [1.807, 2.05) is 13.8 Å². The predicted octanol–water partition coefficient (Wildman–Crippen LogP) is 5.83. The molecule has 0 bridgehead atoms. The summed E-state index contributed by atoms with van der Waals surface area (Å²) in [6.07, 6.45) is 0. The molecule has 184 valence electrons. The van der Waals surface area contributed by atoms with Crippen molar-refractivity contribution in [2.24, 2.45) is 0 Å². The van der Waals surface area contributed by atoms with Gasteiger partial charge in [-0.15, -0.1) is 0 Å². The first-order valence-electron chi connectivity index (χ1n) is 11.4. The summed E-state index contributed by atoms with van der Waals surface area (Å²) in [6.45, 7) is 4.09. The van der Waals surface area contributed by atoms with Gasteiger partial charge in [0.25, 0.3) is 11.7 Å². The zero-order valence-corrected chi connectivity index (χ0v) is 20.7. The molecule has 1 N–H and O–H groups in total. The van der Waals surface area contributed by atoms with Crippen LogP contribution in [0.5, 0.6) is 17.2 Å². The van der Waals surface area contributed by atoms with Gasteiger partial charge in [-0.2, -0.15) is 0 Å². The first-order valence-corrected chi connectivity index (χ1v) is 11.8. The van der Waals surface area contributed by atoms with E-state index in [1.54, 1.807) is 67.8 Å². The van der Waals surface area contributed by atoms with Gasteiger partial charge in [-0.05, 0) is 59.5 Å². The molecule has 7 nitrogen and oxygen atoms in total. The Morgan fingerprint density at radius 1 is 1.03 bits per heavy atom. The maximum absolute atomic E-state index is 13.4. The number of carbonyl (C=O) groups is 2. The predicted molar refractivity (Wildman–Crippen MR) is 136 cm³/mol. The maximum atomic E-state index is 13.4. The van der Waals surface area contributed by atoms with Crippen LogP contribution in [0.25, 0.3) is 5.76 Å². The van der Waals surface area contributed by atoms with Crippen LogP contribution in [0.4, 0.5) is 5.69 Å². The molecular formula is C28H24ClNO6. The Labute approximate surface area is 213 Å². The van der Waals surface area contributed by atoms with Gasteiger partial charge in [-0.3, -0.25) is 14.5 Å². The molecule has 2 aliphatic heterocycles. The lowest BCUT2D eigenvalue weighted by molar-refractivity contribution is -0.132. The summed E-state index contributed by atoms with van der Waals surface area (Å²) in [5, 5.41) is 12.0. The van der Waals surface area contributed by atoms with Gasteiger partial charge in [0.15, 0.2) is 11.5 Å². The van der Waals surface area contributed by atoms with Crippen molar-refractivity contribution in [2.45, 2.75) is 25.8 Å². The number of rotatable bonds is 5. The summed E-state index contributed by atoms with van der Waals surface area (Å²) in [5.41, 5.74) is 2.34. The topological polar surface area (TPSA) is 85.3 Å². The molecule has 8 heteroatoms. The van der Waals surface area contributed by atoms with Crippen molar-refractivity contribution in [3.8, 4) is 17.2 Å². The highest BCUT2D eigenvalue weighted by molar-refractivity contribution is 6.51. The number of benzene rings is 3. The van der Waals surface area contributed by atoms with Gasteiger partial charge in [0.05, 0.1) is 18.7 Å². The number of amides is 1. The van der Waals surface area contributed by atoms with Crippen molar-refractivity contribution >= 4 is 34.7 Å². The average molecular weight is 506 g/mol. The lowest BCUT2D eigenvalue weighted by Gasteiger charge is -2.25. The third-order valence-electron chi connectivity index (χ3n) is 6.39. The maximum Gasteiger partial charge on any atom is 0.300 e. The quantitative estimate of drug-likeness (QED) is 0.267. The molecule has 1 amide bonds. The highest BCUT2D eigenvalue weighted by Crippen LogP contribution is 2.45. The number of ketones is 1. The molecule has 0 aromatic heterocycles. The molecule has 0 radical (unpaired) electrons. The summed E-state index contributed by atoms with van der Waals surface area (Å²) in [7, 11) is 1.58. The van der Waals surface area contributed by atoms with Crippen LogP contribution in [0.15, 0.2) is 66.2 Å². The number of aliphatic hydroxyl groups excluding tert-OH is 1. The first kappa shape index (κ1) is 23.8. The second-order valence-electron chi connectivity index (χ2n) is 8.87. The minimum absolute atomic E-state index is 0.0140. The normalized spacial score (nSPS) is 18.2.